The third kappa shape index (κ3) is 3.55. The zero-order valence-corrected chi connectivity index (χ0v) is 14.5. The van der Waals surface area contributed by atoms with E-state index in [1.54, 1.807) is 4.90 Å². The molecule has 130 valence electrons. The lowest BCUT2D eigenvalue weighted by atomic mass is 9.99. The molecule has 0 radical (unpaired) electrons. The molecule has 1 aromatic carbocycles. The predicted molar refractivity (Wildman–Crippen MR) is 91.8 cm³/mol. The number of para-hydroxylation sites is 1. The first-order valence-corrected chi connectivity index (χ1v) is 8.89. The molecule has 2 aliphatic heterocycles. The van der Waals surface area contributed by atoms with Crippen molar-refractivity contribution in [1.82, 2.24) is 10.2 Å². The lowest BCUT2D eigenvalue weighted by Gasteiger charge is -2.36. The van der Waals surface area contributed by atoms with Crippen LogP contribution >= 0.6 is 0 Å². The van der Waals surface area contributed by atoms with Gasteiger partial charge in [0.15, 0.2) is 0 Å². The topological polar surface area (TPSA) is 58.6 Å². The van der Waals surface area contributed by atoms with Crippen LogP contribution < -0.4 is 10.1 Å². The molecule has 0 saturated carbocycles. The molecule has 0 aromatic heterocycles. The number of rotatable bonds is 4. The molecule has 1 saturated heterocycles. The van der Waals surface area contributed by atoms with Crippen LogP contribution in [0, 0.1) is 5.92 Å². The molecule has 3 rings (SSSR count). The Balaban J connectivity index is 1.55. The highest BCUT2D eigenvalue weighted by Crippen LogP contribution is 2.28. The molecule has 2 amide bonds. The molecule has 2 aliphatic rings. The van der Waals surface area contributed by atoms with E-state index < -0.39 is 0 Å². The first-order valence-electron chi connectivity index (χ1n) is 8.89. The van der Waals surface area contributed by atoms with Crippen LogP contribution in [0.15, 0.2) is 24.3 Å². The molecule has 0 unspecified atom stereocenters. The van der Waals surface area contributed by atoms with E-state index in [9.17, 15) is 9.59 Å². The minimum Gasteiger partial charge on any atom is -0.488 e. The zero-order chi connectivity index (χ0) is 17.1. The van der Waals surface area contributed by atoms with Gasteiger partial charge in [0.2, 0.25) is 11.8 Å². The van der Waals surface area contributed by atoms with E-state index >= 15 is 0 Å². The van der Waals surface area contributed by atoms with Crippen molar-refractivity contribution < 1.29 is 14.3 Å². The van der Waals surface area contributed by atoms with E-state index in [1.165, 1.54) is 5.56 Å². The number of nitrogens with one attached hydrogen (secondary N) is 1. The average Bonchev–Trinajstić information content (AvgIpc) is 3.02. The normalized spacial score (nSPS) is 22.9. The van der Waals surface area contributed by atoms with Crippen molar-refractivity contribution >= 4 is 11.8 Å². The monoisotopic (exact) mass is 330 g/mol. The summed E-state index contributed by atoms with van der Waals surface area (Å²) in [5, 5.41) is 3.00. The van der Waals surface area contributed by atoms with Crippen molar-refractivity contribution in [2.24, 2.45) is 5.92 Å². The number of amides is 2. The summed E-state index contributed by atoms with van der Waals surface area (Å²) in [6.07, 6.45) is 3.50. The number of piperidine rings is 1. The van der Waals surface area contributed by atoms with E-state index in [2.05, 4.69) is 11.4 Å². The predicted octanol–water partition coefficient (Wildman–Crippen LogP) is 2.14. The summed E-state index contributed by atoms with van der Waals surface area (Å²) in [5.41, 5.74) is 1.19. The molecular formula is C19H26N2O3. The third-order valence-electron chi connectivity index (χ3n) is 4.80. The molecule has 24 heavy (non-hydrogen) atoms. The molecule has 5 nitrogen and oxygen atoms in total. The Morgan fingerprint density at radius 2 is 2.08 bits per heavy atom. The maximum Gasteiger partial charge on any atom is 0.242 e. The summed E-state index contributed by atoms with van der Waals surface area (Å²) in [5.74, 6) is 0.847. The van der Waals surface area contributed by atoms with Crippen LogP contribution in [-0.2, 0) is 16.0 Å². The molecule has 2 heterocycles. The van der Waals surface area contributed by atoms with Crippen LogP contribution in [0.1, 0.15) is 38.7 Å². The molecule has 0 aliphatic carbocycles. The van der Waals surface area contributed by atoms with Crippen LogP contribution in [0.2, 0.25) is 0 Å². The summed E-state index contributed by atoms with van der Waals surface area (Å²) >= 11 is 0. The maximum atomic E-state index is 12.6. The van der Waals surface area contributed by atoms with Crippen molar-refractivity contribution in [2.45, 2.75) is 51.7 Å². The van der Waals surface area contributed by atoms with Gasteiger partial charge in [0.1, 0.15) is 17.9 Å². The summed E-state index contributed by atoms with van der Waals surface area (Å²) in [4.78, 5) is 26.7. The van der Waals surface area contributed by atoms with Gasteiger partial charge in [-0.1, -0.05) is 32.0 Å². The number of fused-ring (bicyclic) bond motifs is 1. The minimum atomic E-state index is -0.336. The summed E-state index contributed by atoms with van der Waals surface area (Å²) in [6, 6.07) is 7.64. The number of hydrogen-bond donors (Lipinski definition) is 1. The first kappa shape index (κ1) is 16.8. The van der Waals surface area contributed by atoms with Crippen molar-refractivity contribution in [3.05, 3.63) is 29.8 Å². The fourth-order valence-corrected chi connectivity index (χ4v) is 3.50. The molecule has 0 spiro atoms. The number of hydrogen-bond acceptors (Lipinski definition) is 3. The van der Waals surface area contributed by atoms with Gasteiger partial charge in [-0.2, -0.15) is 0 Å². The standard InChI is InChI=1S/C19H26N2O3/c1-13(2)19(23)21-10-6-5-8-16(21)18(22)20-12-15-11-14-7-3-4-9-17(14)24-15/h3-4,7,9,13,15-16H,5-6,8,10-12H2,1-2H3,(H,20,22)/t15-,16+/m0/s1. The Kier molecular flexibility index (Phi) is 5.07. The van der Waals surface area contributed by atoms with Crippen molar-refractivity contribution in [3.63, 3.8) is 0 Å². The third-order valence-corrected chi connectivity index (χ3v) is 4.80. The van der Waals surface area contributed by atoms with Gasteiger partial charge in [0, 0.05) is 18.9 Å². The Morgan fingerprint density at radius 3 is 2.83 bits per heavy atom. The van der Waals surface area contributed by atoms with Gasteiger partial charge < -0.3 is 15.0 Å². The van der Waals surface area contributed by atoms with Crippen LogP contribution in [0.25, 0.3) is 0 Å². The Bertz CT molecular complexity index is 589. The molecule has 2 atom stereocenters. The highest BCUT2D eigenvalue weighted by Gasteiger charge is 2.33. The summed E-state index contributed by atoms with van der Waals surface area (Å²) in [6.45, 7) is 4.93. The smallest absolute Gasteiger partial charge is 0.242 e. The fraction of sp³-hybridized carbons (Fsp3) is 0.579. The first-order chi connectivity index (χ1) is 11.6. The van der Waals surface area contributed by atoms with E-state index in [-0.39, 0.29) is 29.9 Å². The van der Waals surface area contributed by atoms with Gasteiger partial charge in [-0.25, -0.2) is 0 Å². The van der Waals surface area contributed by atoms with Crippen LogP contribution in [0.4, 0.5) is 0 Å². The van der Waals surface area contributed by atoms with E-state index in [1.807, 2.05) is 32.0 Å². The van der Waals surface area contributed by atoms with E-state index in [0.717, 1.165) is 31.4 Å². The van der Waals surface area contributed by atoms with Crippen molar-refractivity contribution in [1.29, 1.82) is 0 Å². The highest BCUT2D eigenvalue weighted by molar-refractivity contribution is 5.88. The lowest BCUT2D eigenvalue weighted by molar-refractivity contribution is -0.144. The van der Waals surface area contributed by atoms with E-state index in [4.69, 9.17) is 4.74 Å². The SMILES string of the molecule is CC(C)C(=O)N1CCCC[C@@H]1C(=O)NC[C@@H]1Cc2ccccc2O1. The number of ether oxygens (including phenoxy) is 1. The van der Waals surface area contributed by atoms with Crippen LogP contribution in [0.5, 0.6) is 5.75 Å². The number of carbonyl (C=O) groups excluding carboxylic acids is 2. The Hall–Kier alpha value is -2.04. The Morgan fingerprint density at radius 1 is 1.29 bits per heavy atom. The lowest BCUT2D eigenvalue weighted by Crippen LogP contribution is -2.54. The van der Waals surface area contributed by atoms with Gasteiger partial charge in [-0.05, 0) is 30.9 Å². The molecular weight excluding hydrogens is 304 g/mol. The maximum absolute atomic E-state index is 12.6. The van der Waals surface area contributed by atoms with Gasteiger partial charge in [-0.3, -0.25) is 9.59 Å². The highest BCUT2D eigenvalue weighted by atomic mass is 16.5. The molecule has 1 aromatic rings. The fourth-order valence-electron chi connectivity index (χ4n) is 3.50. The second-order valence-corrected chi connectivity index (χ2v) is 6.99. The summed E-state index contributed by atoms with van der Waals surface area (Å²) < 4.78 is 5.86. The van der Waals surface area contributed by atoms with Gasteiger partial charge in [0.05, 0.1) is 6.54 Å². The Labute approximate surface area is 143 Å². The molecule has 1 N–H and O–H groups in total. The quantitative estimate of drug-likeness (QED) is 0.920. The van der Waals surface area contributed by atoms with Gasteiger partial charge in [-0.15, -0.1) is 0 Å². The van der Waals surface area contributed by atoms with Crippen molar-refractivity contribution in [2.75, 3.05) is 13.1 Å². The average molecular weight is 330 g/mol. The number of carbonyl (C=O) groups is 2. The zero-order valence-electron chi connectivity index (χ0n) is 14.5. The molecule has 5 heteroatoms. The number of likely N-dealkylation sites (tertiary alicyclic amines) is 1. The number of benzene rings is 1. The largest absolute Gasteiger partial charge is 0.488 e. The van der Waals surface area contributed by atoms with Crippen LogP contribution in [-0.4, -0.2) is 41.9 Å². The molecule has 1 fully saturated rings. The van der Waals surface area contributed by atoms with Crippen LogP contribution in [0.3, 0.4) is 0 Å². The summed E-state index contributed by atoms with van der Waals surface area (Å²) in [7, 11) is 0. The molecule has 0 bridgehead atoms. The van der Waals surface area contributed by atoms with Gasteiger partial charge >= 0.3 is 0 Å². The minimum absolute atomic E-state index is 0.0239. The van der Waals surface area contributed by atoms with Gasteiger partial charge in [0.25, 0.3) is 0 Å². The second-order valence-electron chi connectivity index (χ2n) is 6.99. The number of nitrogens with zero attached hydrogens (tertiary/aromatic N) is 1. The van der Waals surface area contributed by atoms with Crippen molar-refractivity contribution in [3.8, 4) is 5.75 Å². The van der Waals surface area contributed by atoms with E-state index in [0.29, 0.717) is 13.1 Å². The second kappa shape index (κ2) is 7.24.